The normalized spacial score (nSPS) is 10.6. The molecule has 0 aliphatic rings. The lowest BCUT2D eigenvalue weighted by atomic mass is 10.2. The predicted molar refractivity (Wildman–Crippen MR) is 53.9 cm³/mol. The van der Waals surface area contributed by atoms with Crippen LogP contribution in [0.5, 0.6) is 0 Å². The number of Topliss-reactive ketones (excluding diaryl/α,β-unsaturated/α-hetero) is 2. The van der Waals surface area contributed by atoms with E-state index in [9.17, 15) is 9.59 Å². The molecule has 0 spiro atoms. The number of carbonyl (C=O) groups excluding carboxylic acids is 2. The minimum Gasteiger partial charge on any atom is -0.349 e. The van der Waals surface area contributed by atoms with Crippen molar-refractivity contribution >= 4 is 22.9 Å². The molecule has 1 aromatic rings. The Morgan fingerprint density at radius 1 is 1.47 bits per heavy atom. The van der Waals surface area contributed by atoms with Crippen molar-refractivity contribution in [1.29, 1.82) is 0 Å². The summed E-state index contributed by atoms with van der Waals surface area (Å²) < 4.78 is 9.49. The highest BCUT2D eigenvalue weighted by atomic mass is 32.1. The van der Waals surface area contributed by atoms with Gasteiger partial charge in [-0.2, -0.15) is 0 Å². The Morgan fingerprint density at radius 3 is 2.60 bits per heavy atom. The number of hydrogen-bond donors (Lipinski definition) is 0. The minimum atomic E-state index is -0.970. The van der Waals surface area contributed by atoms with Crippen LogP contribution in [0, 0.1) is 0 Å². The summed E-state index contributed by atoms with van der Waals surface area (Å²) in [5.74, 6) is -0.653. The van der Waals surface area contributed by atoms with Crippen LogP contribution in [0.3, 0.4) is 0 Å². The first-order valence-electron chi connectivity index (χ1n) is 4.19. The lowest BCUT2D eigenvalue weighted by molar-refractivity contribution is -0.155. The van der Waals surface area contributed by atoms with Gasteiger partial charge < -0.3 is 9.47 Å². The Bertz CT molecular complexity index is 332. The SMILES string of the molecule is COC(OC)C(=O)CC(=O)c1cncs1. The zero-order valence-electron chi connectivity index (χ0n) is 8.43. The number of aromatic nitrogens is 1. The van der Waals surface area contributed by atoms with Crippen LogP contribution in [0.1, 0.15) is 16.1 Å². The average molecular weight is 229 g/mol. The molecule has 0 aliphatic carbocycles. The third-order valence-electron chi connectivity index (χ3n) is 1.73. The summed E-state index contributed by atoms with van der Waals surface area (Å²) in [6.45, 7) is 0. The van der Waals surface area contributed by atoms with Gasteiger partial charge in [0.05, 0.1) is 16.8 Å². The molecule has 0 atom stereocenters. The third-order valence-corrected chi connectivity index (χ3v) is 2.55. The summed E-state index contributed by atoms with van der Waals surface area (Å²) in [4.78, 5) is 27.1. The number of ketones is 2. The van der Waals surface area contributed by atoms with E-state index < -0.39 is 12.1 Å². The molecular formula is C9H11NO4S. The predicted octanol–water partition coefficient (Wildman–Crippen LogP) is 0.904. The second-order valence-electron chi connectivity index (χ2n) is 2.74. The first-order chi connectivity index (χ1) is 7.19. The maximum Gasteiger partial charge on any atom is 0.217 e. The average Bonchev–Trinajstić information content (AvgIpc) is 2.72. The van der Waals surface area contributed by atoms with Gasteiger partial charge in [-0.3, -0.25) is 14.6 Å². The lowest BCUT2D eigenvalue weighted by Gasteiger charge is -2.10. The van der Waals surface area contributed by atoms with Crippen LogP contribution in [0.4, 0.5) is 0 Å². The van der Waals surface area contributed by atoms with Crippen LogP contribution in [0.15, 0.2) is 11.7 Å². The highest BCUT2D eigenvalue weighted by Gasteiger charge is 2.21. The van der Waals surface area contributed by atoms with E-state index in [4.69, 9.17) is 9.47 Å². The van der Waals surface area contributed by atoms with Gasteiger partial charge in [0.1, 0.15) is 0 Å². The van der Waals surface area contributed by atoms with Crippen LogP contribution >= 0.6 is 11.3 Å². The molecule has 15 heavy (non-hydrogen) atoms. The van der Waals surface area contributed by atoms with Crippen molar-refractivity contribution < 1.29 is 19.1 Å². The fourth-order valence-electron chi connectivity index (χ4n) is 1.04. The molecule has 5 nitrogen and oxygen atoms in total. The molecule has 1 rings (SSSR count). The number of nitrogens with zero attached hydrogens (tertiary/aromatic N) is 1. The maximum absolute atomic E-state index is 11.5. The number of hydrogen-bond acceptors (Lipinski definition) is 6. The summed E-state index contributed by atoms with van der Waals surface area (Å²) in [5, 5.41) is 0. The van der Waals surface area contributed by atoms with E-state index in [0.717, 1.165) is 0 Å². The van der Waals surface area contributed by atoms with E-state index in [1.807, 2.05) is 0 Å². The highest BCUT2D eigenvalue weighted by molar-refractivity contribution is 7.11. The number of rotatable bonds is 6. The zero-order valence-corrected chi connectivity index (χ0v) is 9.24. The van der Waals surface area contributed by atoms with Crippen molar-refractivity contribution in [3.8, 4) is 0 Å². The Morgan fingerprint density at radius 2 is 2.13 bits per heavy atom. The molecule has 0 aliphatic heterocycles. The molecule has 0 N–H and O–H groups in total. The molecule has 0 radical (unpaired) electrons. The fraction of sp³-hybridized carbons (Fsp3) is 0.444. The van der Waals surface area contributed by atoms with Gasteiger partial charge in [-0.1, -0.05) is 0 Å². The van der Waals surface area contributed by atoms with Crippen molar-refractivity contribution in [3.63, 3.8) is 0 Å². The first-order valence-corrected chi connectivity index (χ1v) is 5.07. The number of carbonyl (C=O) groups is 2. The first kappa shape index (κ1) is 12.0. The molecule has 0 saturated heterocycles. The van der Waals surface area contributed by atoms with Crippen molar-refractivity contribution in [1.82, 2.24) is 4.98 Å². The standard InChI is InChI=1S/C9H11NO4S/c1-13-9(14-2)7(12)3-6(11)8-4-10-5-15-8/h4-5,9H,3H2,1-2H3. The van der Waals surface area contributed by atoms with Gasteiger partial charge in [0.2, 0.25) is 6.29 Å². The van der Waals surface area contributed by atoms with Crippen LogP contribution in [0.25, 0.3) is 0 Å². The molecule has 1 aromatic heterocycles. The van der Waals surface area contributed by atoms with Crippen molar-refractivity contribution in [2.75, 3.05) is 14.2 Å². The van der Waals surface area contributed by atoms with Crippen LogP contribution in [0.2, 0.25) is 0 Å². The number of methoxy groups -OCH3 is 2. The van der Waals surface area contributed by atoms with Crippen molar-refractivity contribution in [3.05, 3.63) is 16.6 Å². The van der Waals surface area contributed by atoms with E-state index in [0.29, 0.717) is 4.88 Å². The van der Waals surface area contributed by atoms with Crippen molar-refractivity contribution in [2.24, 2.45) is 0 Å². The fourth-order valence-corrected chi connectivity index (χ4v) is 1.60. The van der Waals surface area contributed by atoms with Crippen molar-refractivity contribution in [2.45, 2.75) is 12.7 Å². The molecule has 0 fully saturated rings. The third kappa shape index (κ3) is 3.19. The van der Waals surface area contributed by atoms with E-state index in [1.54, 1.807) is 5.51 Å². The summed E-state index contributed by atoms with van der Waals surface area (Å²) >= 11 is 1.21. The molecule has 0 amide bonds. The van der Waals surface area contributed by atoms with Gasteiger partial charge in [0, 0.05) is 20.4 Å². The van der Waals surface area contributed by atoms with Crippen LogP contribution < -0.4 is 0 Å². The molecule has 0 aromatic carbocycles. The lowest BCUT2D eigenvalue weighted by Crippen LogP contribution is -2.26. The Kier molecular flexibility index (Phi) is 4.54. The van der Waals surface area contributed by atoms with Gasteiger partial charge in [-0.25, -0.2) is 0 Å². The Balaban J connectivity index is 2.55. The largest absolute Gasteiger partial charge is 0.349 e. The quantitative estimate of drug-likeness (QED) is 0.412. The molecule has 0 unspecified atom stereocenters. The summed E-state index contributed by atoms with van der Waals surface area (Å²) in [5.41, 5.74) is 1.54. The molecular weight excluding hydrogens is 218 g/mol. The molecule has 0 saturated carbocycles. The van der Waals surface area contributed by atoms with Gasteiger partial charge in [0.25, 0.3) is 0 Å². The molecule has 82 valence electrons. The van der Waals surface area contributed by atoms with Gasteiger partial charge in [-0.15, -0.1) is 11.3 Å². The summed E-state index contributed by atoms with van der Waals surface area (Å²) in [7, 11) is 2.70. The smallest absolute Gasteiger partial charge is 0.217 e. The Hall–Kier alpha value is -1.11. The number of thiazole rings is 1. The van der Waals surface area contributed by atoms with E-state index in [-0.39, 0.29) is 12.2 Å². The van der Waals surface area contributed by atoms with E-state index in [2.05, 4.69) is 4.98 Å². The van der Waals surface area contributed by atoms with Crippen LogP contribution in [-0.4, -0.2) is 37.1 Å². The second-order valence-corrected chi connectivity index (χ2v) is 3.62. The number of ether oxygens (including phenoxy) is 2. The van der Waals surface area contributed by atoms with Crippen LogP contribution in [-0.2, 0) is 14.3 Å². The Labute approximate surface area is 91.0 Å². The maximum atomic E-state index is 11.5. The van der Waals surface area contributed by atoms with Gasteiger partial charge in [-0.05, 0) is 0 Å². The van der Waals surface area contributed by atoms with Gasteiger partial charge >= 0.3 is 0 Å². The zero-order chi connectivity index (χ0) is 11.3. The van der Waals surface area contributed by atoms with E-state index in [1.165, 1.54) is 31.8 Å². The minimum absolute atomic E-state index is 0.228. The summed E-state index contributed by atoms with van der Waals surface area (Å²) in [6, 6.07) is 0. The molecule has 1 heterocycles. The monoisotopic (exact) mass is 229 g/mol. The second kappa shape index (κ2) is 5.69. The molecule has 6 heteroatoms. The van der Waals surface area contributed by atoms with Gasteiger partial charge in [0.15, 0.2) is 11.6 Å². The summed E-state index contributed by atoms with van der Waals surface area (Å²) in [6.07, 6.45) is 0.241. The topological polar surface area (TPSA) is 65.5 Å². The highest BCUT2D eigenvalue weighted by Crippen LogP contribution is 2.10. The molecule has 0 bridgehead atoms. The van der Waals surface area contributed by atoms with E-state index >= 15 is 0 Å².